The highest BCUT2D eigenvalue weighted by Crippen LogP contribution is 2.26. The Hall–Kier alpha value is -1.51. The van der Waals surface area contributed by atoms with Gasteiger partial charge in [0.2, 0.25) is 0 Å². The van der Waals surface area contributed by atoms with E-state index in [1.807, 2.05) is 18.2 Å². The first-order valence-corrected chi connectivity index (χ1v) is 6.14. The van der Waals surface area contributed by atoms with Crippen molar-refractivity contribution in [1.82, 2.24) is 0 Å². The minimum atomic E-state index is -0.327. The van der Waals surface area contributed by atoms with Crippen molar-refractivity contribution < 1.29 is 14.3 Å². The second-order valence-corrected chi connectivity index (χ2v) is 3.95. The van der Waals surface area contributed by atoms with E-state index in [0.717, 1.165) is 6.42 Å². The first-order valence-electron chi connectivity index (χ1n) is 6.14. The van der Waals surface area contributed by atoms with Crippen molar-refractivity contribution in [3.8, 4) is 11.5 Å². The van der Waals surface area contributed by atoms with E-state index in [-0.39, 0.29) is 5.97 Å². The van der Waals surface area contributed by atoms with Gasteiger partial charge in [0, 0.05) is 6.92 Å². The molecular weight excluding hydrogens is 216 g/mol. The van der Waals surface area contributed by atoms with Crippen LogP contribution in [-0.2, 0) is 4.79 Å². The molecule has 0 amide bonds. The molecule has 1 rings (SSSR count). The quantitative estimate of drug-likeness (QED) is 0.412. The summed E-state index contributed by atoms with van der Waals surface area (Å²) in [5.74, 6) is 0.807. The third-order valence-electron chi connectivity index (χ3n) is 2.36. The maximum absolute atomic E-state index is 10.9. The summed E-state index contributed by atoms with van der Waals surface area (Å²) < 4.78 is 10.7. The SMILES string of the molecule is CCCCCCOc1ccccc1OC(C)=O. The zero-order valence-electron chi connectivity index (χ0n) is 10.6. The highest BCUT2D eigenvalue weighted by Gasteiger charge is 2.05. The average molecular weight is 236 g/mol. The summed E-state index contributed by atoms with van der Waals surface area (Å²) in [5, 5.41) is 0. The summed E-state index contributed by atoms with van der Waals surface area (Å²) in [6.45, 7) is 4.23. The number of rotatable bonds is 7. The highest BCUT2D eigenvalue weighted by atomic mass is 16.6. The summed E-state index contributed by atoms with van der Waals surface area (Å²) >= 11 is 0. The average Bonchev–Trinajstić information content (AvgIpc) is 2.30. The minimum Gasteiger partial charge on any atom is -0.490 e. The number of unbranched alkanes of at least 4 members (excludes halogenated alkanes) is 3. The first kappa shape index (κ1) is 13.6. The van der Waals surface area contributed by atoms with Crippen LogP contribution in [0.1, 0.15) is 39.5 Å². The van der Waals surface area contributed by atoms with Crippen LogP contribution < -0.4 is 9.47 Å². The van der Waals surface area contributed by atoms with Crippen molar-refractivity contribution in [1.29, 1.82) is 0 Å². The molecule has 1 aromatic carbocycles. The Labute approximate surface area is 103 Å². The summed E-state index contributed by atoms with van der Waals surface area (Å²) in [4.78, 5) is 10.9. The first-order chi connectivity index (χ1) is 8.24. The third kappa shape index (κ3) is 5.38. The van der Waals surface area contributed by atoms with Crippen LogP contribution in [0.2, 0.25) is 0 Å². The van der Waals surface area contributed by atoms with Crippen molar-refractivity contribution in [3.63, 3.8) is 0 Å². The van der Waals surface area contributed by atoms with Gasteiger partial charge in [0.05, 0.1) is 6.61 Å². The fraction of sp³-hybridized carbons (Fsp3) is 0.500. The molecule has 0 aliphatic rings. The minimum absolute atomic E-state index is 0.327. The number of benzene rings is 1. The maximum atomic E-state index is 10.9. The van der Waals surface area contributed by atoms with Gasteiger partial charge in [-0.1, -0.05) is 38.3 Å². The summed E-state index contributed by atoms with van der Waals surface area (Å²) in [6.07, 6.45) is 4.65. The number of esters is 1. The van der Waals surface area contributed by atoms with Crippen LogP contribution in [0, 0.1) is 0 Å². The van der Waals surface area contributed by atoms with E-state index in [0.29, 0.717) is 18.1 Å². The molecule has 3 heteroatoms. The van der Waals surface area contributed by atoms with Crippen molar-refractivity contribution in [3.05, 3.63) is 24.3 Å². The van der Waals surface area contributed by atoms with Crippen LogP contribution in [0.5, 0.6) is 11.5 Å². The number of hydrogen-bond acceptors (Lipinski definition) is 3. The predicted octanol–water partition coefficient (Wildman–Crippen LogP) is 3.57. The molecule has 0 atom stereocenters. The van der Waals surface area contributed by atoms with Gasteiger partial charge in [-0.3, -0.25) is 4.79 Å². The Morgan fingerprint density at radius 3 is 2.47 bits per heavy atom. The number of hydrogen-bond donors (Lipinski definition) is 0. The molecule has 0 fully saturated rings. The lowest BCUT2D eigenvalue weighted by Gasteiger charge is -2.10. The highest BCUT2D eigenvalue weighted by molar-refractivity contribution is 5.70. The van der Waals surface area contributed by atoms with Crippen LogP contribution in [0.15, 0.2) is 24.3 Å². The number of carbonyl (C=O) groups excluding carboxylic acids is 1. The van der Waals surface area contributed by atoms with Gasteiger partial charge in [0.15, 0.2) is 11.5 Å². The lowest BCUT2D eigenvalue weighted by Crippen LogP contribution is -2.04. The van der Waals surface area contributed by atoms with Crippen molar-refractivity contribution >= 4 is 5.97 Å². The molecule has 0 saturated heterocycles. The van der Waals surface area contributed by atoms with Crippen LogP contribution >= 0.6 is 0 Å². The molecular formula is C14H20O3. The van der Waals surface area contributed by atoms with E-state index in [1.165, 1.54) is 26.2 Å². The molecule has 0 saturated carbocycles. The van der Waals surface area contributed by atoms with Gasteiger partial charge in [-0.2, -0.15) is 0 Å². The number of para-hydroxylation sites is 2. The fourth-order valence-corrected chi connectivity index (χ4v) is 1.52. The Balaban J connectivity index is 2.43. The lowest BCUT2D eigenvalue weighted by atomic mass is 10.2. The zero-order chi connectivity index (χ0) is 12.5. The molecule has 0 heterocycles. The molecule has 0 bridgehead atoms. The topological polar surface area (TPSA) is 35.5 Å². The van der Waals surface area contributed by atoms with Crippen molar-refractivity contribution in [2.45, 2.75) is 39.5 Å². The van der Waals surface area contributed by atoms with E-state index < -0.39 is 0 Å². The van der Waals surface area contributed by atoms with Crippen LogP contribution in [-0.4, -0.2) is 12.6 Å². The van der Waals surface area contributed by atoms with Gasteiger partial charge < -0.3 is 9.47 Å². The Morgan fingerprint density at radius 2 is 1.82 bits per heavy atom. The smallest absolute Gasteiger partial charge is 0.308 e. The van der Waals surface area contributed by atoms with Gasteiger partial charge in [0.1, 0.15) is 0 Å². The molecule has 94 valence electrons. The molecule has 0 aliphatic heterocycles. The molecule has 0 spiro atoms. The Morgan fingerprint density at radius 1 is 1.12 bits per heavy atom. The zero-order valence-corrected chi connectivity index (χ0v) is 10.6. The monoisotopic (exact) mass is 236 g/mol. The summed E-state index contributed by atoms with van der Waals surface area (Å²) in [7, 11) is 0. The van der Waals surface area contributed by atoms with Gasteiger partial charge in [-0.25, -0.2) is 0 Å². The van der Waals surface area contributed by atoms with Crippen molar-refractivity contribution in [2.75, 3.05) is 6.61 Å². The largest absolute Gasteiger partial charge is 0.490 e. The molecule has 0 radical (unpaired) electrons. The second-order valence-electron chi connectivity index (χ2n) is 3.95. The molecule has 17 heavy (non-hydrogen) atoms. The van der Waals surface area contributed by atoms with Gasteiger partial charge in [0.25, 0.3) is 0 Å². The molecule has 0 aliphatic carbocycles. The molecule has 1 aromatic rings. The van der Waals surface area contributed by atoms with Crippen molar-refractivity contribution in [2.24, 2.45) is 0 Å². The Kier molecular flexibility index (Phi) is 6.15. The standard InChI is InChI=1S/C14H20O3/c1-3-4-5-8-11-16-13-9-6-7-10-14(13)17-12(2)15/h6-7,9-10H,3-5,8,11H2,1-2H3. The van der Waals surface area contributed by atoms with Gasteiger partial charge >= 0.3 is 5.97 Å². The second kappa shape index (κ2) is 7.71. The fourth-order valence-electron chi connectivity index (χ4n) is 1.52. The van der Waals surface area contributed by atoms with E-state index in [4.69, 9.17) is 9.47 Å². The van der Waals surface area contributed by atoms with Gasteiger partial charge in [-0.05, 0) is 18.6 Å². The molecule has 0 N–H and O–H groups in total. The van der Waals surface area contributed by atoms with Gasteiger partial charge in [-0.15, -0.1) is 0 Å². The van der Waals surface area contributed by atoms with Crippen LogP contribution in [0.4, 0.5) is 0 Å². The maximum Gasteiger partial charge on any atom is 0.308 e. The van der Waals surface area contributed by atoms with E-state index >= 15 is 0 Å². The molecule has 3 nitrogen and oxygen atoms in total. The number of ether oxygens (including phenoxy) is 2. The Bertz CT molecular complexity index is 347. The van der Waals surface area contributed by atoms with E-state index in [1.54, 1.807) is 6.07 Å². The molecule has 0 aromatic heterocycles. The van der Waals surface area contributed by atoms with Crippen LogP contribution in [0.25, 0.3) is 0 Å². The summed E-state index contributed by atoms with van der Waals surface area (Å²) in [5.41, 5.74) is 0. The predicted molar refractivity (Wildman–Crippen MR) is 67.4 cm³/mol. The molecule has 0 unspecified atom stereocenters. The van der Waals surface area contributed by atoms with E-state index in [9.17, 15) is 4.79 Å². The lowest BCUT2D eigenvalue weighted by molar-refractivity contribution is -0.132. The van der Waals surface area contributed by atoms with E-state index in [2.05, 4.69) is 6.92 Å². The normalized spacial score (nSPS) is 10.0. The van der Waals surface area contributed by atoms with Crippen LogP contribution in [0.3, 0.4) is 0 Å². The summed E-state index contributed by atoms with van der Waals surface area (Å²) in [6, 6.07) is 7.25. The third-order valence-corrected chi connectivity index (χ3v) is 2.36. The number of carbonyl (C=O) groups is 1.